The zero-order valence-electron chi connectivity index (χ0n) is 17.8. The molecule has 0 spiro atoms. The number of thioether (sulfide) groups is 1. The molecule has 4 heterocycles. The Bertz CT molecular complexity index is 1270. The van der Waals surface area contributed by atoms with Crippen molar-refractivity contribution in [2.75, 3.05) is 17.3 Å². The van der Waals surface area contributed by atoms with Crippen LogP contribution in [0.4, 0.5) is 0 Å². The van der Waals surface area contributed by atoms with Crippen LogP contribution in [0.2, 0.25) is 0 Å². The van der Waals surface area contributed by atoms with Crippen molar-refractivity contribution in [3.8, 4) is 0 Å². The predicted molar refractivity (Wildman–Crippen MR) is 116 cm³/mol. The van der Waals surface area contributed by atoms with E-state index in [0.29, 0.717) is 22.9 Å². The Morgan fingerprint density at radius 3 is 2.57 bits per heavy atom. The molecule has 0 N–H and O–H groups in total. The Morgan fingerprint density at radius 1 is 1.17 bits per heavy atom. The van der Waals surface area contributed by atoms with E-state index in [2.05, 4.69) is 15.1 Å². The van der Waals surface area contributed by atoms with Crippen molar-refractivity contribution < 1.29 is 13.2 Å². The summed E-state index contributed by atoms with van der Waals surface area (Å²) in [4.78, 5) is 21.8. The minimum atomic E-state index is -2.99. The zero-order valence-corrected chi connectivity index (χ0v) is 19.4. The number of nitrogens with zero attached hydrogens (tertiary/aromatic N) is 5. The van der Waals surface area contributed by atoms with Gasteiger partial charge in [-0.05, 0) is 52.7 Å². The molecule has 3 aromatic heterocycles. The molecule has 0 aliphatic carbocycles. The molecule has 1 fully saturated rings. The molecule has 1 saturated heterocycles. The van der Waals surface area contributed by atoms with Gasteiger partial charge < -0.3 is 4.57 Å². The fourth-order valence-corrected chi connectivity index (χ4v) is 6.51. The summed E-state index contributed by atoms with van der Waals surface area (Å²) in [6.45, 7) is 9.73. The molecule has 10 heteroatoms. The van der Waals surface area contributed by atoms with Gasteiger partial charge in [-0.3, -0.25) is 4.79 Å². The summed E-state index contributed by atoms with van der Waals surface area (Å²) in [6.07, 6.45) is 0.595. The average molecular weight is 448 g/mol. The van der Waals surface area contributed by atoms with E-state index < -0.39 is 9.84 Å². The molecular formula is C20H25N5O3S2. The monoisotopic (exact) mass is 447 g/mol. The summed E-state index contributed by atoms with van der Waals surface area (Å²) in [5, 5.41) is 5.00. The van der Waals surface area contributed by atoms with E-state index in [0.717, 1.165) is 28.3 Å². The molecule has 4 rings (SSSR count). The number of carbonyl (C=O) groups excluding carboxylic acids is 1. The molecular weight excluding hydrogens is 422 g/mol. The van der Waals surface area contributed by atoms with Crippen LogP contribution in [0.3, 0.4) is 0 Å². The lowest BCUT2D eigenvalue weighted by atomic mass is 10.2. The van der Waals surface area contributed by atoms with Gasteiger partial charge in [-0.25, -0.2) is 17.9 Å². The lowest BCUT2D eigenvalue weighted by Gasteiger charge is -2.16. The highest BCUT2D eigenvalue weighted by Crippen LogP contribution is 2.30. The van der Waals surface area contributed by atoms with Gasteiger partial charge in [0, 0.05) is 34.4 Å². The maximum atomic E-state index is 12.9. The van der Waals surface area contributed by atoms with Gasteiger partial charge in [0.25, 0.3) is 5.78 Å². The number of ketones is 1. The third-order valence-corrected chi connectivity index (χ3v) is 8.52. The normalized spacial score (nSPS) is 18.4. The van der Waals surface area contributed by atoms with Gasteiger partial charge in [0.2, 0.25) is 5.16 Å². The summed E-state index contributed by atoms with van der Waals surface area (Å²) < 4.78 is 27.5. The molecule has 1 aliphatic heterocycles. The Morgan fingerprint density at radius 2 is 1.90 bits per heavy atom. The fraction of sp³-hybridized carbons (Fsp3) is 0.500. The highest BCUT2D eigenvalue weighted by Gasteiger charge is 2.31. The molecule has 30 heavy (non-hydrogen) atoms. The van der Waals surface area contributed by atoms with Crippen molar-refractivity contribution in [2.45, 2.75) is 52.2 Å². The number of Topliss-reactive ketones (excluding diaryl/α,β-unsaturated/α-hetero) is 1. The molecule has 3 aromatic rings. The fourth-order valence-electron chi connectivity index (χ4n) is 4.11. The number of hydrogen-bond donors (Lipinski definition) is 0. The SMILES string of the molecule is Cc1nc2nc(SCC(=O)c3cc(C)n(C4CCS(=O)(=O)C4)c3C)nn2c(C)c1C. The lowest BCUT2D eigenvalue weighted by molar-refractivity contribution is 0.102. The highest BCUT2D eigenvalue weighted by atomic mass is 32.2. The number of fused-ring (bicyclic) bond motifs is 1. The third-order valence-electron chi connectivity index (χ3n) is 5.93. The van der Waals surface area contributed by atoms with Crippen LogP contribution in [-0.2, 0) is 9.84 Å². The van der Waals surface area contributed by atoms with E-state index in [9.17, 15) is 13.2 Å². The van der Waals surface area contributed by atoms with Crippen molar-refractivity contribution >= 4 is 33.2 Å². The van der Waals surface area contributed by atoms with E-state index in [-0.39, 0.29) is 29.1 Å². The van der Waals surface area contributed by atoms with Crippen molar-refractivity contribution in [3.63, 3.8) is 0 Å². The number of hydrogen-bond acceptors (Lipinski definition) is 7. The number of aromatic nitrogens is 5. The summed E-state index contributed by atoms with van der Waals surface area (Å²) in [5.41, 5.74) is 5.35. The molecule has 0 amide bonds. The summed E-state index contributed by atoms with van der Waals surface area (Å²) in [5.74, 6) is 1.07. The van der Waals surface area contributed by atoms with Crippen LogP contribution in [0.15, 0.2) is 11.2 Å². The molecule has 1 unspecified atom stereocenters. The Hall–Kier alpha value is -2.20. The largest absolute Gasteiger partial charge is 0.344 e. The third kappa shape index (κ3) is 3.66. The van der Waals surface area contributed by atoms with Crippen LogP contribution in [0.25, 0.3) is 5.78 Å². The van der Waals surface area contributed by atoms with E-state index in [1.165, 1.54) is 11.8 Å². The van der Waals surface area contributed by atoms with E-state index in [4.69, 9.17) is 0 Å². The van der Waals surface area contributed by atoms with E-state index in [1.807, 2.05) is 45.3 Å². The number of aryl methyl sites for hydroxylation is 3. The molecule has 160 valence electrons. The zero-order chi connectivity index (χ0) is 21.8. The molecule has 0 aromatic carbocycles. The highest BCUT2D eigenvalue weighted by molar-refractivity contribution is 7.99. The van der Waals surface area contributed by atoms with Crippen molar-refractivity contribution in [1.29, 1.82) is 0 Å². The van der Waals surface area contributed by atoms with Crippen LogP contribution in [0.1, 0.15) is 51.2 Å². The minimum Gasteiger partial charge on any atom is -0.344 e. The Labute approximate surface area is 180 Å². The number of rotatable bonds is 5. The molecule has 8 nitrogen and oxygen atoms in total. The van der Waals surface area contributed by atoms with E-state index in [1.54, 1.807) is 4.52 Å². The first-order valence-corrected chi connectivity index (χ1v) is 12.6. The summed E-state index contributed by atoms with van der Waals surface area (Å²) in [6, 6.07) is 1.77. The average Bonchev–Trinajstić information content (AvgIpc) is 3.33. The van der Waals surface area contributed by atoms with Crippen LogP contribution in [0.5, 0.6) is 0 Å². The molecule has 1 atom stereocenters. The molecule has 0 bridgehead atoms. The van der Waals surface area contributed by atoms with Gasteiger partial charge in [-0.15, -0.1) is 5.10 Å². The molecule has 0 radical (unpaired) electrons. The van der Waals surface area contributed by atoms with Gasteiger partial charge >= 0.3 is 0 Å². The van der Waals surface area contributed by atoms with Crippen LogP contribution in [-0.4, -0.2) is 55.6 Å². The summed E-state index contributed by atoms with van der Waals surface area (Å²) >= 11 is 1.29. The first kappa shape index (κ1) is 21.0. The molecule has 0 saturated carbocycles. The van der Waals surface area contributed by atoms with Crippen LogP contribution in [0, 0.1) is 34.6 Å². The van der Waals surface area contributed by atoms with Gasteiger partial charge in [0.1, 0.15) is 0 Å². The van der Waals surface area contributed by atoms with Crippen molar-refractivity contribution in [2.24, 2.45) is 0 Å². The second-order valence-electron chi connectivity index (χ2n) is 7.94. The van der Waals surface area contributed by atoms with Crippen molar-refractivity contribution in [3.05, 3.63) is 40.0 Å². The lowest BCUT2D eigenvalue weighted by Crippen LogP contribution is -2.14. The quantitative estimate of drug-likeness (QED) is 0.438. The van der Waals surface area contributed by atoms with Gasteiger partial charge in [0.15, 0.2) is 15.6 Å². The van der Waals surface area contributed by atoms with Crippen molar-refractivity contribution in [1.82, 2.24) is 24.1 Å². The molecule has 1 aliphatic rings. The van der Waals surface area contributed by atoms with Crippen LogP contribution < -0.4 is 0 Å². The van der Waals surface area contributed by atoms with E-state index >= 15 is 0 Å². The first-order chi connectivity index (χ1) is 14.1. The topological polar surface area (TPSA) is 99.2 Å². The smallest absolute Gasteiger partial charge is 0.253 e. The standard InChI is InChI=1S/C20H25N5O3S2/c1-11-8-17(15(5)24(11)16-6-7-30(27,28)10-16)18(26)9-29-20-22-19-21-13(3)12(2)14(4)25(19)23-20/h8,16H,6-7,9-10H2,1-5H3. The van der Waals surface area contributed by atoms with Crippen LogP contribution >= 0.6 is 11.8 Å². The Balaban J connectivity index is 1.53. The minimum absolute atomic E-state index is 0.0175. The number of sulfone groups is 1. The summed E-state index contributed by atoms with van der Waals surface area (Å²) in [7, 11) is -2.99. The van der Waals surface area contributed by atoms with Gasteiger partial charge in [0.05, 0.1) is 17.3 Å². The Kier molecular flexibility index (Phi) is 5.26. The maximum absolute atomic E-state index is 12.9. The first-order valence-electron chi connectivity index (χ1n) is 9.83. The second kappa shape index (κ2) is 7.49. The predicted octanol–water partition coefficient (Wildman–Crippen LogP) is 2.80. The van der Waals surface area contributed by atoms with Gasteiger partial charge in [-0.2, -0.15) is 4.98 Å². The van der Waals surface area contributed by atoms with Gasteiger partial charge in [-0.1, -0.05) is 11.8 Å². The maximum Gasteiger partial charge on any atom is 0.253 e. The second-order valence-corrected chi connectivity index (χ2v) is 11.1. The number of carbonyl (C=O) groups is 1.